The Morgan fingerprint density at radius 1 is 0.857 bits per heavy atom. The molecule has 0 amide bonds. The summed E-state index contributed by atoms with van der Waals surface area (Å²) in [7, 11) is -4.49. The van der Waals surface area contributed by atoms with Crippen LogP contribution in [-0.4, -0.2) is 13.0 Å². The number of ether oxygens (including phenoxy) is 1. The van der Waals surface area contributed by atoms with Crippen LogP contribution in [0.4, 0.5) is 0 Å². The van der Waals surface area contributed by atoms with Crippen molar-refractivity contribution in [3.05, 3.63) is 54.1 Å². The van der Waals surface area contributed by atoms with Crippen molar-refractivity contribution in [2.24, 2.45) is 0 Å². The van der Waals surface area contributed by atoms with Gasteiger partial charge in [0.2, 0.25) is 0 Å². The van der Waals surface area contributed by atoms with Crippen molar-refractivity contribution in [1.82, 2.24) is 0 Å². The summed E-state index contributed by atoms with van der Waals surface area (Å²) < 4.78 is 39.4. The molecule has 0 bridgehead atoms. The van der Waals surface area contributed by atoms with Crippen LogP contribution in [0.3, 0.4) is 0 Å². The fourth-order valence-corrected chi connectivity index (χ4v) is 3.59. The topological polar surface area (TPSA) is 66.4 Å². The Bertz CT molecular complexity index is 806. The summed E-state index contributed by atoms with van der Waals surface area (Å²) in [6, 6.07) is 13.5. The van der Waals surface area contributed by atoms with Crippen LogP contribution in [-0.2, 0) is 16.5 Å². The first-order chi connectivity index (χ1) is 13.0. The molecule has 0 aliphatic heterocycles. The molecule has 0 N–H and O–H groups in total. The number of para-hydroxylation sites is 1. The Balaban J connectivity index is 0.00000392. The third-order valence-corrected chi connectivity index (χ3v) is 5.43. The summed E-state index contributed by atoms with van der Waals surface area (Å²) in [5, 5.41) is 0. The van der Waals surface area contributed by atoms with E-state index in [1.807, 2.05) is 24.3 Å². The predicted octanol–water partition coefficient (Wildman–Crippen LogP) is 3.07. The summed E-state index contributed by atoms with van der Waals surface area (Å²) in [4.78, 5) is -0.277. The van der Waals surface area contributed by atoms with Gasteiger partial charge in [-0.3, -0.25) is 0 Å². The molecule has 0 aromatic heterocycles. The van der Waals surface area contributed by atoms with Gasteiger partial charge in [-0.15, -0.1) is 0 Å². The van der Waals surface area contributed by atoms with E-state index in [9.17, 15) is 13.0 Å². The van der Waals surface area contributed by atoms with Crippen LogP contribution in [0, 0.1) is 0 Å². The average Bonchev–Trinajstić information content (AvgIpc) is 2.65. The molecule has 0 aliphatic carbocycles. The molecule has 148 valence electrons. The Morgan fingerprint density at radius 2 is 1.50 bits per heavy atom. The Morgan fingerprint density at radius 3 is 2.18 bits per heavy atom. The van der Waals surface area contributed by atoms with Crippen LogP contribution >= 0.6 is 0 Å². The van der Waals surface area contributed by atoms with Gasteiger partial charge in [0.1, 0.15) is 21.6 Å². The predicted molar refractivity (Wildman–Crippen MR) is 107 cm³/mol. The quantitative estimate of drug-likeness (QED) is 0.296. The molecule has 6 heteroatoms. The van der Waals surface area contributed by atoms with Gasteiger partial charge in [0.25, 0.3) is 0 Å². The van der Waals surface area contributed by atoms with Gasteiger partial charge in [0.05, 0.1) is 4.90 Å². The molecule has 0 saturated carbocycles. The fourth-order valence-electron chi connectivity index (χ4n) is 3.08. The standard InChI is InChI=1S/C22H30O4S.K/c1-2-3-4-5-6-7-8-9-13-19-14-10-11-17-22(19)26-20-15-12-16-21(18-20)27(23,24)25;/h10-12,14-18H,2-9,13H2,1H3,(H,23,24,25);/q;+1/p-1. The Kier molecular flexibility index (Phi) is 12.8. The Labute approximate surface area is 212 Å². The second-order valence-electron chi connectivity index (χ2n) is 6.86. The zero-order chi connectivity index (χ0) is 19.5. The number of benzene rings is 2. The summed E-state index contributed by atoms with van der Waals surface area (Å²) >= 11 is 0. The van der Waals surface area contributed by atoms with Crippen molar-refractivity contribution >= 4 is 10.1 Å². The van der Waals surface area contributed by atoms with Gasteiger partial charge in [-0.1, -0.05) is 76.1 Å². The van der Waals surface area contributed by atoms with E-state index in [1.165, 1.54) is 63.1 Å². The van der Waals surface area contributed by atoms with Crippen molar-refractivity contribution in [3.63, 3.8) is 0 Å². The molecule has 0 heterocycles. The van der Waals surface area contributed by atoms with Gasteiger partial charge < -0.3 is 9.29 Å². The van der Waals surface area contributed by atoms with Crippen molar-refractivity contribution in [2.45, 2.75) is 69.6 Å². The van der Waals surface area contributed by atoms with Crippen molar-refractivity contribution in [3.8, 4) is 11.5 Å². The van der Waals surface area contributed by atoms with Gasteiger partial charge in [-0.25, -0.2) is 8.42 Å². The van der Waals surface area contributed by atoms with E-state index < -0.39 is 10.1 Å². The fraction of sp³-hybridized carbons (Fsp3) is 0.455. The number of hydrogen-bond acceptors (Lipinski definition) is 4. The zero-order valence-corrected chi connectivity index (χ0v) is 21.0. The molecular formula is C22H29KO4S. The van der Waals surface area contributed by atoms with E-state index in [4.69, 9.17) is 4.74 Å². The van der Waals surface area contributed by atoms with Crippen LogP contribution in [0.15, 0.2) is 53.4 Å². The zero-order valence-electron chi connectivity index (χ0n) is 17.0. The SMILES string of the molecule is CCCCCCCCCCc1ccccc1Oc1cccc(S(=O)(=O)[O-])c1.[K+]. The molecule has 0 spiro atoms. The molecule has 0 atom stereocenters. The number of hydrogen-bond donors (Lipinski definition) is 0. The smallest absolute Gasteiger partial charge is 0.744 e. The summed E-state index contributed by atoms with van der Waals surface area (Å²) in [6.45, 7) is 2.23. The van der Waals surface area contributed by atoms with Crippen molar-refractivity contribution < 1.29 is 69.1 Å². The van der Waals surface area contributed by atoms with Crippen LogP contribution in [0.1, 0.15) is 63.9 Å². The molecule has 2 rings (SSSR count). The van der Waals surface area contributed by atoms with E-state index in [-0.39, 0.29) is 56.3 Å². The summed E-state index contributed by atoms with van der Waals surface area (Å²) in [6.07, 6.45) is 11.1. The molecule has 0 fully saturated rings. The third-order valence-electron chi connectivity index (χ3n) is 4.59. The number of aryl methyl sites for hydroxylation is 1. The average molecular weight is 429 g/mol. The minimum atomic E-state index is -4.49. The maximum atomic E-state index is 11.2. The number of unbranched alkanes of at least 4 members (excludes halogenated alkanes) is 7. The summed E-state index contributed by atoms with van der Waals surface area (Å²) in [5.74, 6) is 1.07. The number of rotatable bonds is 12. The monoisotopic (exact) mass is 428 g/mol. The minimum Gasteiger partial charge on any atom is -0.744 e. The molecule has 0 saturated heterocycles. The molecule has 4 nitrogen and oxygen atoms in total. The van der Waals surface area contributed by atoms with Crippen LogP contribution in [0.2, 0.25) is 0 Å². The largest absolute Gasteiger partial charge is 1.00 e. The van der Waals surface area contributed by atoms with Gasteiger partial charge in [-0.05, 0) is 42.7 Å². The first-order valence-corrected chi connectivity index (χ1v) is 11.2. The second kappa shape index (κ2) is 13.9. The van der Waals surface area contributed by atoms with Crippen LogP contribution < -0.4 is 56.1 Å². The Hall–Kier alpha value is -0.214. The normalized spacial score (nSPS) is 11.1. The van der Waals surface area contributed by atoms with Gasteiger partial charge >= 0.3 is 51.4 Å². The molecule has 0 aliphatic rings. The second-order valence-corrected chi connectivity index (χ2v) is 8.24. The van der Waals surface area contributed by atoms with E-state index in [0.717, 1.165) is 18.4 Å². The van der Waals surface area contributed by atoms with E-state index in [2.05, 4.69) is 6.92 Å². The van der Waals surface area contributed by atoms with E-state index in [1.54, 1.807) is 6.07 Å². The first-order valence-electron chi connectivity index (χ1n) is 9.82. The van der Waals surface area contributed by atoms with Gasteiger partial charge in [0.15, 0.2) is 0 Å². The van der Waals surface area contributed by atoms with Crippen molar-refractivity contribution in [1.29, 1.82) is 0 Å². The molecule has 2 aromatic rings. The molecule has 0 radical (unpaired) electrons. The summed E-state index contributed by atoms with van der Waals surface area (Å²) in [5.41, 5.74) is 1.10. The minimum absolute atomic E-state index is 0. The van der Waals surface area contributed by atoms with Crippen LogP contribution in [0.25, 0.3) is 0 Å². The maximum absolute atomic E-state index is 11.2. The van der Waals surface area contributed by atoms with Crippen molar-refractivity contribution in [2.75, 3.05) is 0 Å². The molecule has 0 unspecified atom stereocenters. The van der Waals surface area contributed by atoms with Gasteiger partial charge in [0, 0.05) is 0 Å². The first kappa shape index (κ1) is 25.8. The van der Waals surface area contributed by atoms with E-state index in [0.29, 0.717) is 11.5 Å². The van der Waals surface area contributed by atoms with Crippen LogP contribution in [0.5, 0.6) is 11.5 Å². The van der Waals surface area contributed by atoms with Gasteiger partial charge in [-0.2, -0.15) is 0 Å². The third kappa shape index (κ3) is 9.52. The molecule has 2 aromatic carbocycles. The molecule has 28 heavy (non-hydrogen) atoms. The maximum Gasteiger partial charge on any atom is 1.00 e. The van der Waals surface area contributed by atoms with E-state index >= 15 is 0 Å². The molecular weight excluding hydrogens is 399 g/mol.